The second-order valence-electron chi connectivity index (χ2n) is 5.97. The van der Waals surface area contributed by atoms with E-state index in [2.05, 4.69) is 32.5 Å². The minimum atomic E-state index is -0.0150. The van der Waals surface area contributed by atoms with E-state index in [1.54, 1.807) is 6.20 Å². The molecule has 0 N–H and O–H groups in total. The van der Waals surface area contributed by atoms with E-state index in [0.29, 0.717) is 5.56 Å². The van der Waals surface area contributed by atoms with E-state index in [0.717, 1.165) is 21.8 Å². The number of hydrogen-bond donors (Lipinski definition) is 0. The van der Waals surface area contributed by atoms with E-state index in [1.165, 1.54) is 0 Å². The molecule has 0 saturated heterocycles. The van der Waals surface area contributed by atoms with Crippen LogP contribution >= 0.6 is 11.6 Å². The molecule has 4 nitrogen and oxygen atoms in total. The van der Waals surface area contributed by atoms with Crippen LogP contribution in [0, 0.1) is 11.3 Å². The van der Waals surface area contributed by atoms with Crippen LogP contribution in [0.2, 0.25) is 5.02 Å². The third-order valence-electron chi connectivity index (χ3n) is 4.33. The number of hydrogen-bond acceptors (Lipinski definition) is 2. The second kappa shape index (κ2) is 6.91. The first-order chi connectivity index (χ1) is 12.7. The smallest absolute Gasteiger partial charge is 0.0991 e. The van der Waals surface area contributed by atoms with Crippen molar-refractivity contribution in [1.82, 2.24) is 14.1 Å². The summed E-state index contributed by atoms with van der Waals surface area (Å²) < 4.78 is 4.13. The molecule has 0 radical (unpaired) electrons. The predicted octanol–water partition coefficient (Wildman–Crippen LogP) is 4.84. The molecule has 0 fully saturated rings. The van der Waals surface area contributed by atoms with Crippen molar-refractivity contribution in [1.29, 1.82) is 5.26 Å². The maximum absolute atomic E-state index is 9.04. The van der Waals surface area contributed by atoms with Crippen molar-refractivity contribution >= 4 is 11.6 Å². The third kappa shape index (κ3) is 3.13. The van der Waals surface area contributed by atoms with Gasteiger partial charge in [0.1, 0.15) is 0 Å². The molecule has 2 heterocycles. The number of nitrogens with zero attached hydrogens (tertiary/aromatic N) is 4. The fourth-order valence-corrected chi connectivity index (χ4v) is 3.17. The molecule has 126 valence electrons. The molecule has 0 spiro atoms. The highest BCUT2D eigenvalue weighted by Crippen LogP contribution is 2.28. The van der Waals surface area contributed by atoms with Gasteiger partial charge in [0.25, 0.3) is 0 Å². The van der Waals surface area contributed by atoms with E-state index in [-0.39, 0.29) is 6.04 Å². The molecule has 1 unspecified atom stereocenters. The normalized spacial score (nSPS) is 11.8. The lowest BCUT2D eigenvalue weighted by molar-refractivity contribution is 0.676. The molecule has 0 aliphatic rings. The quantitative estimate of drug-likeness (QED) is 0.524. The van der Waals surface area contributed by atoms with Gasteiger partial charge in [-0.15, -0.1) is 0 Å². The molecule has 1 atom stereocenters. The summed E-state index contributed by atoms with van der Waals surface area (Å²) in [6.45, 7) is 0. The summed E-state index contributed by atoms with van der Waals surface area (Å²) in [5.74, 6) is 0. The Morgan fingerprint density at radius 3 is 2.35 bits per heavy atom. The van der Waals surface area contributed by atoms with E-state index in [4.69, 9.17) is 16.9 Å². The SMILES string of the molecule is N#Cc1ccc(C(c2ccn(-c3ccc(Cl)cc3)c2)n2ccnc2)cc1. The van der Waals surface area contributed by atoms with Gasteiger partial charge in [0.05, 0.1) is 24.0 Å². The highest BCUT2D eigenvalue weighted by Gasteiger charge is 2.17. The highest BCUT2D eigenvalue weighted by molar-refractivity contribution is 6.30. The van der Waals surface area contributed by atoms with Gasteiger partial charge in [-0.1, -0.05) is 23.7 Å². The van der Waals surface area contributed by atoms with Crippen molar-refractivity contribution in [2.45, 2.75) is 6.04 Å². The van der Waals surface area contributed by atoms with Crippen LogP contribution in [0.1, 0.15) is 22.7 Å². The third-order valence-corrected chi connectivity index (χ3v) is 4.59. The topological polar surface area (TPSA) is 46.5 Å². The van der Waals surface area contributed by atoms with Crippen molar-refractivity contribution in [3.05, 3.63) is 107 Å². The second-order valence-corrected chi connectivity index (χ2v) is 6.41. The van der Waals surface area contributed by atoms with Gasteiger partial charge in [-0.05, 0) is 53.6 Å². The molecule has 0 aliphatic heterocycles. The van der Waals surface area contributed by atoms with E-state index in [9.17, 15) is 0 Å². The van der Waals surface area contributed by atoms with Gasteiger partial charge in [-0.3, -0.25) is 0 Å². The van der Waals surface area contributed by atoms with Crippen LogP contribution < -0.4 is 0 Å². The first kappa shape index (κ1) is 16.2. The van der Waals surface area contributed by atoms with E-state index >= 15 is 0 Å². The van der Waals surface area contributed by atoms with Gasteiger partial charge in [0, 0.05) is 35.5 Å². The van der Waals surface area contributed by atoms with Crippen molar-refractivity contribution < 1.29 is 0 Å². The monoisotopic (exact) mass is 358 g/mol. The molecule has 26 heavy (non-hydrogen) atoms. The molecule has 2 aromatic carbocycles. The van der Waals surface area contributed by atoms with Crippen LogP contribution in [0.15, 0.2) is 85.7 Å². The van der Waals surface area contributed by atoms with Crippen LogP contribution in [-0.4, -0.2) is 14.1 Å². The molecule has 0 saturated carbocycles. The Kier molecular flexibility index (Phi) is 4.30. The largest absolute Gasteiger partial charge is 0.326 e. The molecule has 5 heteroatoms. The van der Waals surface area contributed by atoms with Gasteiger partial charge in [0.2, 0.25) is 0 Å². The number of benzene rings is 2. The Morgan fingerprint density at radius 1 is 0.923 bits per heavy atom. The summed E-state index contributed by atoms with van der Waals surface area (Å²) in [6.07, 6.45) is 9.66. The number of rotatable bonds is 4. The highest BCUT2D eigenvalue weighted by atomic mass is 35.5. The Labute approximate surface area is 156 Å². The first-order valence-electron chi connectivity index (χ1n) is 8.16. The average molecular weight is 359 g/mol. The summed E-state index contributed by atoms with van der Waals surface area (Å²) >= 11 is 5.98. The zero-order valence-electron chi connectivity index (χ0n) is 13.8. The lowest BCUT2D eigenvalue weighted by Crippen LogP contribution is -2.10. The lowest BCUT2D eigenvalue weighted by Gasteiger charge is -2.18. The van der Waals surface area contributed by atoms with E-state index in [1.807, 2.05) is 67.3 Å². The minimum Gasteiger partial charge on any atom is -0.326 e. The van der Waals surface area contributed by atoms with Crippen LogP contribution in [0.25, 0.3) is 5.69 Å². The molecular weight excluding hydrogens is 344 g/mol. The van der Waals surface area contributed by atoms with Crippen molar-refractivity contribution in [2.24, 2.45) is 0 Å². The molecule has 0 aliphatic carbocycles. The maximum atomic E-state index is 9.04. The van der Waals surface area contributed by atoms with E-state index < -0.39 is 0 Å². The lowest BCUT2D eigenvalue weighted by atomic mass is 10.00. The average Bonchev–Trinajstić information content (AvgIpc) is 3.36. The van der Waals surface area contributed by atoms with Gasteiger partial charge in [-0.2, -0.15) is 5.26 Å². The number of halogens is 1. The molecule has 0 bridgehead atoms. The zero-order chi connectivity index (χ0) is 17.9. The van der Waals surface area contributed by atoms with Crippen LogP contribution in [0.5, 0.6) is 0 Å². The summed E-state index contributed by atoms with van der Waals surface area (Å²) in [5.41, 5.74) is 3.92. The Balaban J connectivity index is 1.75. The zero-order valence-corrected chi connectivity index (χ0v) is 14.6. The maximum Gasteiger partial charge on any atom is 0.0991 e. The van der Waals surface area contributed by atoms with Crippen molar-refractivity contribution in [3.8, 4) is 11.8 Å². The van der Waals surface area contributed by atoms with Crippen LogP contribution in [0.4, 0.5) is 0 Å². The summed E-state index contributed by atoms with van der Waals surface area (Å²) in [6, 6.07) is 19.6. The number of imidazole rings is 1. The standard InChI is InChI=1S/C21H15ClN4/c22-19-5-7-20(8-6-19)25-11-9-18(14-25)21(26-12-10-24-15-26)17-3-1-16(13-23)2-4-17/h1-12,14-15,21H. The summed E-state index contributed by atoms with van der Waals surface area (Å²) in [4.78, 5) is 4.19. The number of aromatic nitrogens is 3. The van der Waals surface area contributed by atoms with Gasteiger partial charge >= 0.3 is 0 Å². The van der Waals surface area contributed by atoms with Gasteiger partial charge < -0.3 is 9.13 Å². The van der Waals surface area contributed by atoms with Crippen molar-refractivity contribution in [2.75, 3.05) is 0 Å². The Bertz CT molecular complexity index is 1040. The molecule has 4 rings (SSSR count). The van der Waals surface area contributed by atoms with Crippen LogP contribution in [-0.2, 0) is 0 Å². The molecular formula is C21H15ClN4. The predicted molar refractivity (Wildman–Crippen MR) is 101 cm³/mol. The first-order valence-corrected chi connectivity index (χ1v) is 8.54. The Hall–Kier alpha value is -3.29. The molecule has 0 amide bonds. The Morgan fingerprint density at radius 2 is 1.69 bits per heavy atom. The number of nitriles is 1. The summed E-state index contributed by atoms with van der Waals surface area (Å²) in [5, 5.41) is 9.76. The van der Waals surface area contributed by atoms with Crippen LogP contribution in [0.3, 0.4) is 0 Å². The molecule has 4 aromatic rings. The van der Waals surface area contributed by atoms with Gasteiger partial charge in [0.15, 0.2) is 0 Å². The summed E-state index contributed by atoms with van der Waals surface area (Å²) in [7, 11) is 0. The fourth-order valence-electron chi connectivity index (χ4n) is 3.05. The molecule has 2 aromatic heterocycles. The fraction of sp³-hybridized carbons (Fsp3) is 0.0476. The van der Waals surface area contributed by atoms with Gasteiger partial charge in [-0.25, -0.2) is 4.98 Å². The van der Waals surface area contributed by atoms with Crippen molar-refractivity contribution in [3.63, 3.8) is 0 Å². The minimum absolute atomic E-state index is 0.0150.